The molecule has 158 valence electrons. The van der Waals surface area contributed by atoms with Gasteiger partial charge in [0.2, 0.25) is 11.8 Å². The monoisotopic (exact) mass is 427 g/mol. The van der Waals surface area contributed by atoms with E-state index in [0.29, 0.717) is 49.6 Å². The largest absolute Gasteiger partial charge is 0.341 e. The lowest BCUT2D eigenvalue weighted by Gasteiger charge is -2.27. The summed E-state index contributed by atoms with van der Waals surface area (Å²) < 4.78 is 0. The first kappa shape index (κ1) is 21.8. The van der Waals surface area contributed by atoms with Gasteiger partial charge in [-0.2, -0.15) is 0 Å². The highest BCUT2D eigenvalue weighted by Crippen LogP contribution is 2.13. The van der Waals surface area contributed by atoms with Crippen molar-refractivity contribution < 1.29 is 14.4 Å². The van der Waals surface area contributed by atoms with Crippen molar-refractivity contribution in [2.75, 3.05) is 26.2 Å². The Morgan fingerprint density at radius 2 is 1.57 bits per heavy atom. The number of carbonyl (C=O) groups excluding carboxylic acids is 3. The lowest BCUT2D eigenvalue weighted by Crippen LogP contribution is -2.50. The molecule has 0 aromatic heterocycles. The standard InChI is InChI=1S/C23H26ClN3O3/c1-17(28)26-12-5-13-27(15-14-26)23(30)21(16-18-6-3-2-4-7-18)25-22(29)19-8-10-20(24)11-9-19/h2-4,6-11,21H,5,12-16H2,1H3,(H,25,29)/t21-/m1/s1. The molecule has 1 saturated heterocycles. The van der Waals surface area contributed by atoms with Gasteiger partial charge in [-0.05, 0) is 36.2 Å². The molecule has 0 unspecified atom stereocenters. The molecule has 2 aromatic rings. The van der Waals surface area contributed by atoms with Gasteiger partial charge in [0.05, 0.1) is 0 Å². The number of hydrogen-bond acceptors (Lipinski definition) is 3. The molecule has 30 heavy (non-hydrogen) atoms. The molecule has 3 amide bonds. The van der Waals surface area contributed by atoms with Gasteiger partial charge in [0.1, 0.15) is 6.04 Å². The minimum atomic E-state index is -0.695. The first-order valence-electron chi connectivity index (χ1n) is 10.1. The lowest BCUT2D eigenvalue weighted by molar-refractivity contribution is -0.134. The number of carbonyl (C=O) groups is 3. The van der Waals surface area contributed by atoms with E-state index >= 15 is 0 Å². The number of nitrogens with zero attached hydrogens (tertiary/aromatic N) is 2. The van der Waals surface area contributed by atoms with Crippen molar-refractivity contribution in [3.8, 4) is 0 Å². The normalized spacial score (nSPS) is 15.3. The molecule has 3 rings (SSSR count). The molecular formula is C23H26ClN3O3. The molecular weight excluding hydrogens is 402 g/mol. The maximum absolute atomic E-state index is 13.3. The predicted octanol–water partition coefficient (Wildman–Crippen LogP) is 2.76. The second-order valence-corrected chi connectivity index (χ2v) is 7.84. The van der Waals surface area contributed by atoms with Gasteiger partial charge in [-0.3, -0.25) is 14.4 Å². The molecule has 1 fully saturated rings. The molecule has 1 heterocycles. The fourth-order valence-corrected chi connectivity index (χ4v) is 3.69. The van der Waals surface area contributed by atoms with Crippen LogP contribution < -0.4 is 5.32 Å². The Balaban J connectivity index is 1.76. The third kappa shape index (κ3) is 5.83. The molecule has 1 aliphatic rings. The molecule has 7 heteroatoms. The first-order chi connectivity index (χ1) is 14.4. The van der Waals surface area contributed by atoms with Gasteiger partial charge < -0.3 is 15.1 Å². The Bertz CT molecular complexity index is 886. The first-order valence-corrected chi connectivity index (χ1v) is 10.5. The minimum absolute atomic E-state index is 0.0150. The highest BCUT2D eigenvalue weighted by atomic mass is 35.5. The average molecular weight is 428 g/mol. The smallest absolute Gasteiger partial charge is 0.251 e. The van der Waals surface area contributed by atoms with E-state index in [0.717, 1.165) is 5.56 Å². The third-order valence-corrected chi connectivity index (χ3v) is 5.50. The van der Waals surface area contributed by atoms with Crippen LogP contribution in [0, 0.1) is 0 Å². The van der Waals surface area contributed by atoms with Gasteiger partial charge in [0, 0.05) is 50.1 Å². The summed E-state index contributed by atoms with van der Waals surface area (Å²) >= 11 is 5.91. The van der Waals surface area contributed by atoms with Gasteiger partial charge in [0.15, 0.2) is 0 Å². The summed E-state index contributed by atoms with van der Waals surface area (Å²) in [5.41, 5.74) is 1.41. The summed E-state index contributed by atoms with van der Waals surface area (Å²) in [5, 5.41) is 3.44. The number of amides is 3. The molecule has 6 nitrogen and oxygen atoms in total. The summed E-state index contributed by atoms with van der Waals surface area (Å²) in [7, 11) is 0. The maximum Gasteiger partial charge on any atom is 0.251 e. The van der Waals surface area contributed by atoms with Crippen LogP contribution in [-0.4, -0.2) is 59.7 Å². The van der Waals surface area contributed by atoms with Crippen LogP contribution in [0.25, 0.3) is 0 Å². The van der Waals surface area contributed by atoms with Crippen LogP contribution in [0.3, 0.4) is 0 Å². The van der Waals surface area contributed by atoms with E-state index in [1.165, 1.54) is 0 Å². The fourth-order valence-electron chi connectivity index (χ4n) is 3.57. The van der Waals surface area contributed by atoms with Crippen molar-refractivity contribution in [1.82, 2.24) is 15.1 Å². The van der Waals surface area contributed by atoms with E-state index < -0.39 is 6.04 Å². The van der Waals surface area contributed by atoms with Gasteiger partial charge in [-0.1, -0.05) is 41.9 Å². The summed E-state index contributed by atoms with van der Waals surface area (Å²) in [6, 6.07) is 15.5. The van der Waals surface area contributed by atoms with E-state index in [-0.39, 0.29) is 17.7 Å². The van der Waals surface area contributed by atoms with E-state index in [1.807, 2.05) is 30.3 Å². The van der Waals surface area contributed by atoms with Crippen molar-refractivity contribution >= 4 is 29.3 Å². The molecule has 0 radical (unpaired) electrons. The average Bonchev–Trinajstić information content (AvgIpc) is 3.00. The van der Waals surface area contributed by atoms with E-state index in [4.69, 9.17) is 11.6 Å². The van der Waals surface area contributed by atoms with Crippen LogP contribution in [0.5, 0.6) is 0 Å². The minimum Gasteiger partial charge on any atom is -0.341 e. The van der Waals surface area contributed by atoms with Crippen LogP contribution >= 0.6 is 11.6 Å². The van der Waals surface area contributed by atoms with Gasteiger partial charge in [-0.25, -0.2) is 0 Å². The number of rotatable bonds is 5. The van der Waals surface area contributed by atoms with Crippen LogP contribution in [0.1, 0.15) is 29.3 Å². The van der Waals surface area contributed by atoms with E-state index in [2.05, 4.69) is 5.32 Å². The van der Waals surface area contributed by atoms with Crippen LogP contribution in [0.15, 0.2) is 54.6 Å². The summed E-state index contributed by atoms with van der Waals surface area (Å²) in [6.07, 6.45) is 1.11. The molecule has 0 aliphatic carbocycles. The third-order valence-electron chi connectivity index (χ3n) is 5.25. The molecule has 1 N–H and O–H groups in total. The highest BCUT2D eigenvalue weighted by Gasteiger charge is 2.28. The quantitative estimate of drug-likeness (QED) is 0.797. The molecule has 1 aliphatic heterocycles. The van der Waals surface area contributed by atoms with Crippen LogP contribution in [0.4, 0.5) is 0 Å². The van der Waals surface area contributed by atoms with Crippen molar-refractivity contribution in [2.45, 2.75) is 25.8 Å². The lowest BCUT2D eigenvalue weighted by atomic mass is 10.0. The SMILES string of the molecule is CC(=O)N1CCCN(C(=O)[C@@H](Cc2ccccc2)NC(=O)c2ccc(Cl)cc2)CC1. The van der Waals surface area contributed by atoms with Crippen LogP contribution in [0.2, 0.25) is 5.02 Å². The molecule has 0 saturated carbocycles. The van der Waals surface area contributed by atoms with Crippen molar-refractivity contribution in [2.24, 2.45) is 0 Å². The van der Waals surface area contributed by atoms with Gasteiger partial charge in [0.25, 0.3) is 5.91 Å². The zero-order valence-corrected chi connectivity index (χ0v) is 17.8. The zero-order valence-electron chi connectivity index (χ0n) is 17.0. The Hall–Kier alpha value is -2.86. The Morgan fingerprint density at radius 1 is 0.933 bits per heavy atom. The summed E-state index contributed by atoms with van der Waals surface area (Å²) in [4.78, 5) is 41.3. The van der Waals surface area contributed by atoms with Crippen molar-refractivity contribution in [1.29, 1.82) is 0 Å². The Labute approximate surface area is 181 Å². The topological polar surface area (TPSA) is 69.7 Å². The second kappa shape index (κ2) is 10.3. The highest BCUT2D eigenvalue weighted by molar-refractivity contribution is 6.30. The Kier molecular flexibility index (Phi) is 7.46. The maximum atomic E-state index is 13.3. The number of hydrogen-bond donors (Lipinski definition) is 1. The van der Waals surface area contributed by atoms with E-state index in [9.17, 15) is 14.4 Å². The number of nitrogens with one attached hydrogen (secondary N) is 1. The number of halogens is 1. The molecule has 0 spiro atoms. The molecule has 2 aromatic carbocycles. The van der Waals surface area contributed by atoms with Crippen molar-refractivity contribution in [3.63, 3.8) is 0 Å². The van der Waals surface area contributed by atoms with E-state index in [1.54, 1.807) is 41.0 Å². The summed E-state index contributed by atoms with van der Waals surface area (Å²) in [5.74, 6) is -0.436. The van der Waals surface area contributed by atoms with Gasteiger partial charge >= 0.3 is 0 Å². The summed E-state index contributed by atoms with van der Waals surface area (Å²) in [6.45, 7) is 3.71. The fraction of sp³-hybridized carbons (Fsp3) is 0.348. The zero-order chi connectivity index (χ0) is 21.5. The Morgan fingerprint density at radius 3 is 2.23 bits per heavy atom. The number of benzene rings is 2. The van der Waals surface area contributed by atoms with Crippen LogP contribution in [-0.2, 0) is 16.0 Å². The van der Waals surface area contributed by atoms with Gasteiger partial charge in [-0.15, -0.1) is 0 Å². The second-order valence-electron chi connectivity index (χ2n) is 7.41. The molecule has 0 bridgehead atoms. The van der Waals surface area contributed by atoms with Crippen molar-refractivity contribution in [3.05, 3.63) is 70.7 Å². The predicted molar refractivity (Wildman–Crippen MR) is 116 cm³/mol. The molecule has 1 atom stereocenters.